The molecule has 3 rings (SSSR count). The Morgan fingerprint density at radius 3 is 2.29 bits per heavy atom. The van der Waals surface area contributed by atoms with Crippen molar-refractivity contribution >= 4 is 9.84 Å². The van der Waals surface area contributed by atoms with Crippen molar-refractivity contribution in [2.75, 3.05) is 12.9 Å². The van der Waals surface area contributed by atoms with Gasteiger partial charge in [-0.2, -0.15) is 5.26 Å². The lowest BCUT2D eigenvalue weighted by Crippen LogP contribution is -2.04. The highest BCUT2D eigenvalue weighted by Crippen LogP contribution is 2.35. The highest BCUT2D eigenvalue weighted by molar-refractivity contribution is 7.90. The summed E-state index contributed by atoms with van der Waals surface area (Å²) in [6.07, 6.45) is 3.05. The van der Waals surface area contributed by atoms with E-state index in [0.717, 1.165) is 11.8 Å². The molecule has 0 radical (unpaired) electrons. The number of hydrogen-bond donors (Lipinski definition) is 0. The third-order valence-corrected chi connectivity index (χ3v) is 5.88. The molecular formula is C24H21FN2O3S. The van der Waals surface area contributed by atoms with Gasteiger partial charge in [0.25, 0.3) is 0 Å². The van der Waals surface area contributed by atoms with E-state index in [1.807, 2.05) is 19.9 Å². The van der Waals surface area contributed by atoms with Gasteiger partial charge in [0.1, 0.15) is 24.1 Å². The van der Waals surface area contributed by atoms with Crippen molar-refractivity contribution in [3.8, 4) is 34.3 Å². The predicted molar refractivity (Wildman–Crippen MR) is 118 cm³/mol. The SMILES string of the molecule is CC=C(C)COc1nc(-c2ccc(F)cc2)c(-c2ccc(S(C)(=O)=O)cc2)cc1C#N. The first kappa shape index (κ1) is 22.2. The van der Waals surface area contributed by atoms with Crippen LogP contribution in [0.5, 0.6) is 5.88 Å². The van der Waals surface area contributed by atoms with E-state index >= 15 is 0 Å². The summed E-state index contributed by atoms with van der Waals surface area (Å²) in [4.78, 5) is 4.77. The molecule has 0 saturated carbocycles. The van der Waals surface area contributed by atoms with Gasteiger partial charge in [0.15, 0.2) is 9.84 Å². The molecule has 0 aliphatic carbocycles. The lowest BCUT2D eigenvalue weighted by molar-refractivity contribution is 0.337. The zero-order chi connectivity index (χ0) is 22.6. The Labute approximate surface area is 181 Å². The maximum Gasteiger partial charge on any atom is 0.232 e. The molecule has 0 atom stereocenters. The first-order valence-corrected chi connectivity index (χ1v) is 11.4. The number of hydrogen-bond acceptors (Lipinski definition) is 5. The Balaban J connectivity index is 2.19. The number of nitrogens with zero attached hydrogens (tertiary/aromatic N) is 2. The summed E-state index contributed by atoms with van der Waals surface area (Å²) in [5, 5.41) is 9.65. The minimum atomic E-state index is -3.34. The molecule has 0 aliphatic rings. The molecule has 0 amide bonds. The predicted octanol–water partition coefficient (Wildman–Crippen LogP) is 5.17. The number of nitriles is 1. The van der Waals surface area contributed by atoms with Gasteiger partial charge in [0.2, 0.25) is 5.88 Å². The molecule has 2 aromatic carbocycles. The normalized spacial score (nSPS) is 11.8. The van der Waals surface area contributed by atoms with Crippen molar-refractivity contribution in [3.63, 3.8) is 0 Å². The van der Waals surface area contributed by atoms with E-state index in [1.54, 1.807) is 30.3 Å². The molecule has 3 aromatic rings. The third-order valence-electron chi connectivity index (χ3n) is 4.75. The Bertz CT molecular complexity index is 1270. The Hall–Kier alpha value is -3.50. The minimum absolute atomic E-state index is 0.180. The molecule has 31 heavy (non-hydrogen) atoms. The number of aromatic nitrogens is 1. The van der Waals surface area contributed by atoms with Crippen LogP contribution in [0.4, 0.5) is 4.39 Å². The summed E-state index contributed by atoms with van der Waals surface area (Å²) in [6, 6.07) is 15.9. The van der Waals surface area contributed by atoms with Crippen LogP contribution in [-0.2, 0) is 9.84 Å². The summed E-state index contributed by atoms with van der Waals surface area (Å²) in [7, 11) is -3.34. The summed E-state index contributed by atoms with van der Waals surface area (Å²) in [6.45, 7) is 4.08. The summed E-state index contributed by atoms with van der Waals surface area (Å²) < 4.78 is 42.8. The Morgan fingerprint density at radius 1 is 1.13 bits per heavy atom. The van der Waals surface area contributed by atoms with E-state index in [0.29, 0.717) is 22.4 Å². The molecule has 0 aliphatic heterocycles. The van der Waals surface area contributed by atoms with Crippen LogP contribution < -0.4 is 4.74 Å². The average molecular weight is 437 g/mol. The van der Waals surface area contributed by atoms with Gasteiger partial charge in [-0.1, -0.05) is 18.2 Å². The summed E-state index contributed by atoms with van der Waals surface area (Å²) >= 11 is 0. The molecular weight excluding hydrogens is 415 g/mol. The third kappa shape index (κ3) is 5.16. The molecule has 0 N–H and O–H groups in total. The molecule has 0 saturated heterocycles. The number of rotatable bonds is 6. The van der Waals surface area contributed by atoms with Crippen LogP contribution in [0.1, 0.15) is 19.4 Å². The smallest absolute Gasteiger partial charge is 0.232 e. The number of allylic oxidation sites excluding steroid dienone is 1. The van der Waals surface area contributed by atoms with Crippen LogP contribution in [0.15, 0.2) is 71.1 Å². The van der Waals surface area contributed by atoms with Crippen LogP contribution >= 0.6 is 0 Å². The highest BCUT2D eigenvalue weighted by Gasteiger charge is 2.17. The first-order chi connectivity index (χ1) is 14.7. The van der Waals surface area contributed by atoms with Gasteiger partial charge in [-0.15, -0.1) is 0 Å². The quantitative estimate of drug-likeness (QED) is 0.498. The second kappa shape index (κ2) is 9.11. The van der Waals surface area contributed by atoms with Gasteiger partial charge in [-0.25, -0.2) is 17.8 Å². The van der Waals surface area contributed by atoms with Gasteiger partial charge in [-0.05, 0) is 67.4 Å². The monoisotopic (exact) mass is 436 g/mol. The topological polar surface area (TPSA) is 80.0 Å². The van der Waals surface area contributed by atoms with Crippen molar-refractivity contribution in [2.45, 2.75) is 18.7 Å². The zero-order valence-electron chi connectivity index (χ0n) is 17.4. The molecule has 1 aromatic heterocycles. The number of pyridine rings is 1. The maximum absolute atomic E-state index is 13.5. The fourth-order valence-electron chi connectivity index (χ4n) is 2.88. The van der Waals surface area contributed by atoms with Gasteiger partial charge in [0, 0.05) is 17.4 Å². The first-order valence-electron chi connectivity index (χ1n) is 9.49. The zero-order valence-corrected chi connectivity index (χ0v) is 18.2. The van der Waals surface area contributed by atoms with E-state index in [2.05, 4.69) is 11.1 Å². The van der Waals surface area contributed by atoms with Crippen molar-refractivity contribution < 1.29 is 17.5 Å². The average Bonchev–Trinajstić information content (AvgIpc) is 2.77. The van der Waals surface area contributed by atoms with Gasteiger partial charge in [0.05, 0.1) is 10.6 Å². The molecule has 7 heteroatoms. The van der Waals surface area contributed by atoms with Gasteiger partial charge in [-0.3, -0.25) is 0 Å². The molecule has 5 nitrogen and oxygen atoms in total. The van der Waals surface area contributed by atoms with Crippen molar-refractivity contribution in [2.24, 2.45) is 0 Å². The largest absolute Gasteiger partial charge is 0.472 e. The molecule has 158 valence electrons. The molecule has 0 unspecified atom stereocenters. The lowest BCUT2D eigenvalue weighted by Gasteiger charge is -2.14. The number of halogens is 1. The van der Waals surface area contributed by atoms with E-state index in [4.69, 9.17) is 4.74 Å². The van der Waals surface area contributed by atoms with E-state index in [9.17, 15) is 18.1 Å². The van der Waals surface area contributed by atoms with Crippen LogP contribution in [0.25, 0.3) is 22.4 Å². The van der Waals surface area contributed by atoms with Crippen LogP contribution in [0.2, 0.25) is 0 Å². The number of benzene rings is 2. The van der Waals surface area contributed by atoms with Crippen molar-refractivity contribution in [1.82, 2.24) is 4.98 Å². The molecule has 0 fully saturated rings. The van der Waals surface area contributed by atoms with Gasteiger partial charge >= 0.3 is 0 Å². The summed E-state index contributed by atoms with van der Waals surface area (Å²) in [5.41, 5.74) is 3.65. The second-order valence-corrected chi connectivity index (χ2v) is 9.09. The fraction of sp³-hybridized carbons (Fsp3) is 0.167. The van der Waals surface area contributed by atoms with E-state index in [-0.39, 0.29) is 28.8 Å². The molecule has 1 heterocycles. The Kier molecular flexibility index (Phi) is 6.52. The van der Waals surface area contributed by atoms with Crippen LogP contribution in [0, 0.1) is 17.1 Å². The van der Waals surface area contributed by atoms with Gasteiger partial charge < -0.3 is 4.74 Å². The highest BCUT2D eigenvalue weighted by atomic mass is 32.2. The Morgan fingerprint density at radius 2 is 1.74 bits per heavy atom. The van der Waals surface area contributed by atoms with Crippen LogP contribution in [-0.4, -0.2) is 26.3 Å². The van der Waals surface area contributed by atoms with Crippen molar-refractivity contribution in [3.05, 3.63) is 77.6 Å². The van der Waals surface area contributed by atoms with Crippen molar-refractivity contribution in [1.29, 1.82) is 5.26 Å². The standard InChI is InChI=1S/C24H21FN2O3S/c1-4-16(2)15-30-24-19(14-26)13-22(17-7-11-21(12-8-17)31(3,28)29)23(27-24)18-5-9-20(25)10-6-18/h4-13H,15H2,1-3H3. The minimum Gasteiger partial charge on any atom is -0.472 e. The van der Waals surface area contributed by atoms with E-state index < -0.39 is 9.84 Å². The van der Waals surface area contributed by atoms with E-state index in [1.165, 1.54) is 24.3 Å². The van der Waals surface area contributed by atoms with Crippen LogP contribution in [0.3, 0.4) is 0 Å². The summed E-state index contributed by atoms with van der Waals surface area (Å²) in [5.74, 6) is -0.198. The fourth-order valence-corrected chi connectivity index (χ4v) is 3.51. The second-order valence-electron chi connectivity index (χ2n) is 7.08. The molecule has 0 spiro atoms. The molecule has 0 bridgehead atoms. The lowest BCUT2D eigenvalue weighted by atomic mass is 9.98. The number of ether oxygens (including phenoxy) is 1. The maximum atomic E-state index is 13.5. The number of sulfone groups is 1.